The summed E-state index contributed by atoms with van der Waals surface area (Å²) in [6, 6.07) is 0. The van der Waals surface area contributed by atoms with Gasteiger partial charge in [0, 0.05) is 31.4 Å². The average Bonchev–Trinajstić information content (AvgIpc) is 2.90. The summed E-state index contributed by atoms with van der Waals surface area (Å²) in [5.74, 6) is -2.06. The number of hydroxylamine groups is 2. The van der Waals surface area contributed by atoms with Crippen LogP contribution in [0.1, 0.15) is 32.6 Å². The molecule has 108 valence electrons. The van der Waals surface area contributed by atoms with E-state index in [1.807, 2.05) is 12.2 Å². The predicted octanol–water partition coefficient (Wildman–Crippen LogP) is -0.407. The Bertz CT molecular complexity index is 450. The highest BCUT2D eigenvalue weighted by Crippen LogP contribution is 2.12. The molecule has 0 aliphatic carbocycles. The lowest BCUT2D eigenvalue weighted by molar-refractivity contribution is -0.197. The van der Waals surface area contributed by atoms with Crippen LogP contribution in [0.5, 0.6) is 0 Å². The molecule has 20 heavy (non-hydrogen) atoms. The lowest BCUT2D eigenvalue weighted by atomic mass is 10.3. The Kier molecular flexibility index (Phi) is 5.57. The van der Waals surface area contributed by atoms with E-state index in [9.17, 15) is 24.0 Å². The fourth-order valence-electron chi connectivity index (χ4n) is 1.37. The predicted molar refractivity (Wildman–Crippen MR) is 64.4 cm³/mol. The van der Waals surface area contributed by atoms with Crippen molar-refractivity contribution in [1.82, 2.24) is 10.4 Å². The maximum Gasteiger partial charge on any atom is 0.333 e. The van der Waals surface area contributed by atoms with Crippen LogP contribution in [-0.4, -0.2) is 34.7 Å². The normalized spacial score (nSPS) is 16.9. The van der Waals surface area contributed by atoms with E-state index in [2.05, 4.69) is 4.84 Å². The molecule has 1 N–H and O–H groups in total. The summed E-state index contributed by atoms with van der Waals surface area (Å²) in [6.45, 7) is 1.81. The molecule has 0 aromatic rings. The van der Waals surface area contributed by atoms with Gasteiger partial charge in [0.1, 0.15) is 0 Å². The summed E-state index contributed by atoms with van der Waals surface area (Å²) >= 11 is 0. The fraction of sp³-hybridized carbons (Fsp3) is 0.417. The van der Waals surface area contributed by atoms with Gasteiger partial charge in [-0.1, -0.05) is 6.92 Å². The third-order valence-electron chi connectivity index (χ3n) is 2.29. The first-order valence-corrected chi connectivity index (χ1v) is 6.03. The number of rotatable bonds is 3. The molecule has 0 aromatic carbocycles. The highest BCUT2D eigenvalue weighted by molar-refractivity contribution is 6.12. The van der Waals surface area contributed by atoms with Gasteiger partial charge in [0.25, 0.3) is 23.6 Å². The Balaban J connectivity index is 0.000000240. The minimum absolute atomic E-state index is 0.137. The maximum atomic E-state index is 11.0. The van der Waals surface area contributed by atoms with Crippen LogP contribution in [0.3, 0.4) is 0 Å². The summed E-state index contributed by atoms with van der Waals surface area (Å²) in [5.41, 5.74) is 0. The van der Waals surface area contributed by atoms with E-state index in [-0.39, 0.29) is 31.1 Å². The Morgan fingerprint density at radius 3 is 2.00 bits per heavy atom. The Morgan fingerprint density at radius 2 is 1.65 bits per heavy atom. The van der Waals surface area contributed by atoms with Crippen LogP contribution in [-0.2, 0) is 28.8 Å². The second-order valence-electron chi connectivity index (χ2n) is 3.98. The summed E-state index contributed by atoms with van der Waals surface area (Å²) in [7, 11) is 0. The van der Waals surface area contributed by atoms with Gasteiger partial charge in [-0.2, -0.15) is 0 Å². The molecule has 2 heterocycles. The molecule has 0 spiro atoms. The number of carbonyl (C=O) groups excluding carboxylic acids is 5. The van der Waals surface area contributed by atoms with Crippen molar-refractivity contribution in [2.24, 2.45) is 0 Å². The molecule has 2 aliphatic heterocycles. The van der Waals surface area contributed by atoms with Crippen molar-refractivity contribution in [3.8, 4) is 0 Å². The van der Waals surface area contributed by atoms with Gasteiger partial charge in [0.05, 0.1) is 0 Å². The molecule has 0 aromatic heterocycles. The molecule has 0 saturated carbocycles. The zero-order valence-electron chi connectivity index (χ0n) is 10.9. The highest BCUT2D eigenvalue weighted by atomic mass is 16.7. The van der Waals surface area contributed by atoms with Crippen LogP contribution in [0.2, 0.25) is 0 Å². The topological polar surface area (TPSA) is 110 Å². The fourth-order valence-corrected chi connectivity index (χ4v) is 1.37. The van der Waals surface area contributed by atoms with E-state index in [1.54, 1.807) is 0 Å². The molecule has 0 bridgehead atoms. The third kappa shape index (κ3) is 4.63. The van der Waals surface area contributed by atoms with Crippen LogP contribution in [0.4, 0.5) is 0 Å². The average molecular weight is 282 g/mol. The molecule has 8 nitrogen and oxygen atoms in total. The van der Waals surface area contributed by atoms with Crippen LogP contribution in [0.25, 0.3) is 0 Å². The van der Waals surface area contributed by atoms with Crippen molar-refractivity contribution in [2.45, 2.75) is 32.6 Å². The second-order valence-corrected chi connectivity index (χ2v) is 3.98. The van der Waals surface area contributed by atoms with Gasteiger partial charge >= 0.3 is 5.97 Å². The molecular weight excluding hydrogens is 268 g/mol. The SMILES string of the molecule is CCCC(=O)ON1C(=O)CCC1=O.O=C1C=CC(=O)N1. The molecule has 4 amide bonds. The number of nitrogens with one attached hydrogen (secondary N) is 1. The molecule has 0 unspecified atom stereocenters. The van der Waals surface area contributed by atoms with Gasteiger partial charge in [-0.15, -0.1) is 5.06 Å². The number of hydrogen-bond acceptors (Lipinski definition) is 6. The van der Waals surface area contributed by atoms with Gasteiger partial charge in [-0.05, 0) is 6.42 Å². The molecule has 1 saturated heterocycles. The Hall–Kier alpha value is -2.51. The largest absolute Gasteiger partial charge is 0.333 e. The smallest absolute Gasteiger partial charge is 0.330 e. The first-order valence-electron chi connectivity index (χ1n) is 6.03. The lowest BCUT2D eigenvalue weighted by Crippen LogP contribution is -2.31. The van der Waals surface area contributed by atoms with Crippen molar-refractivity contribution < 1.29 is 28.8 Å². The first kappa shape index (κ1) is 15.5. The highest BCUT2D eigenvalue weighted by Gasteiger charge is 2.32. The number of nitrogens with zero attached hydrogens (tertiary/aromatic N) is 1. The van der Waals surface area contributed by atoms with Crippen molar-refractivity contribution in [2.75, 3.05) is 0 Å². The van der Waals surface area contributed by atoms with Gasteiger partial charge in [-0.3, -0.25) is 24.5 Å². The number of carbonyl (C=O) groups is 5. The third-order valence-corrected chi connectivity index (χ3v) is 2.29. The molecule has 0 radical (unpaired) electrons. The number of hydrogen-bond donors (Lipinski definition) is 1. The van der Waals surface area contributed by atoms with E-state index in [0.29, 0.717) is 11.5 Å². The standard InChI is InChI=1S/C8H11NO4.C4H3NO2/c1-2-3-8(12)13-9-6(10)4-5-7(9)11;6-3-1-2-4(7)5-3/h2-5H2,1H3;1-2H,(H,5,6,7). The molecule has 8 heteroatoms. The van der Waals surface area contributed by atoms with Crippen LogP contribution >= 0.6 is 0 Å². The zero-order chi connectivity index (χ0) is 15.1. The van der Waals surface area contributed by atoms with Crippen molar-refractivity contribution in [3.05, 3.63) is 12.2 Å². The Labute approximate surface area is 114 Å². The molecule has 2 rings (SSSR count). The van der Waals surface area contributed by atoms with Crippen LogP contribution in [0, 0.1) is 0 Å². The van der Waals surface area contributed by atoms with Gasteiger partial charge in [-0.25, -0.2) is 4.79 Å². The quantitative estimate of drug-likeness (QED) is 0.705. The maximum absolute atomic E-state index is 11.0. The summed E-state index contributed by atoms with van der Waals surface area (Å²) in [6.07, 6.45) is 3.52. The van der Waals surface area contributed by atoms with Gasteiger partial charge in [0.2, 0.25) is 0 Å². The second kappa shape index (κ2) is 7.17. The minimum Gasteiger partial charge on any atom is -0.330 e. The number of amides is 4. The van der Waals surface area contributed by atoms with Crippen molar-refractivity contribution in [3.63, 3.8) is 0 Å². The van der Waals surface area contributed by atoms with Gasteiger partial charge < -0.3 is 4.84 Å². The van der Waals surface area contributed by atoms with E-state index in [1.165, 1.54) is 12.2 Å². The molecular formula is C12H14N2O6. The zero-order valence-corrected chi connectivity index (χ0v) is 10.9. The molecule has 2 aliphatic rings. The van der Waals surface area contributed by atoms with Crippen LogP contribution in [0.15, 0.2) is 12.2 Å². The molecule has 0 atom stereocenters. The van der Waals surface area contributed by atoms with E-state index in [4.69, 9.17) is 0 Å². The van der Waals surface area contributed by atoms with Crippen molar-refractivity contribution in [1.29, 1.82) is 0 Å². The van der Waals surface area contributed by atoms with E-state index < -0.39 is 17.8 Å². The van der Waals surface area contributed by atoms with Crippen molar-refractivity contribution >= 4 is 29.6 Å². The first-order chi connectivity index (χ1) is 9.43. The van der Waals surface area contributed by atoms with Gasteiger partial charge in [0.15, 0.2) is 0 Å². The van der Waals surface area contributed by atoms with E-state index in [0.717, 1.165) is 0 Å². The van der Waals surface area contributed by atoms with Crippen LogP contribution < -0.4 is 5.32 Å². The summed E-state index contributed by atoms with van der Waals surface area (Å²) in [4.78, 5) is 57.5. The summed E-state index contributed by atoms with van der Waals surface area (Å²) in [5, 5.41) is 2.60. The Morgan fingerprint density at radius 1 is 1.15 bits per heavy atom. The lowest BCUT2D eigenvalue weighted by Gasteiger charge is -2.11. The summed E-state index contributed by atoms with van der Waals surface area (Å²) < 4.78 is 0. The monoisotopic (exact) mass is 282 g/mol. The van der Waals surface area contributed by atoms with E-state index >= 15 is 0 Å². The number of imide groups is 2. The molecule has 1 fully saturated rings. The minimum atomic E-state index is -0.536.